The van der Waals surface area contributed by atoms with Crippen LogP contribution in [0.1, 0.15) is 0 Å². The smallest absolute Gasteiger partial charge is 0.345 e. The zero-order chi connectivity index (χ0) is 4.12. The van der Waals surface area contributed by atoms with Crippen molar-refractivity contribution in [2.75, 3.05) is 0 Å². The van der Waals surface area contributed by atoms with Crippen molar-refractivity contribution in [3.05, 3.63) is 0 Å². The van der Waals surface area contributed by atoms with Gasteiger partial charge in [0.2, 0.25) is 0 Å². The first-order chi connectivity index (χ1) is 2.41. The van der Waals surface area contributed by atoms with E-state index in [1.165, 1.54) is 0 Å². The van der Waals surface area contributed by atoms with Crippen LogP contribution in [0.25, 0.3) is 0 Å². The molecular formula is C3H3ClMg. The Hall–Kier alpha value is 0.616. The number of rotatable bonds is 1. The number of hydrogen-bond acceptors (Lipinski definition) is 0. The second-order valence-electron chi connectivity index (χ2n) is 0.643. The molecule has 0 aromatic heterocycles. The van der Waals surface area contributed by atoms with Gasteiger partial charge in [0.1, 0.15) is 0 Å². The van der Waals surface area contributed by atoms with Gasteiger partial charge < -0.3 is 9.07 Å². The van der Waals surface area contributed by atoms with E-state index in [2.05, 4.69) is 5.92 Å². The molecule has 0 aromatic rings. The van der Waals surface area contributed by atoms with Crippen LogP contribution in [0.15, 0.2) is 0 Å². The van der Waals surface area contributed by atoms with Crippen LogP contribution in [0.5, 0.6) is 0 Å². The molecule has 0 amide bonds. The van der Waals surface area contributed by atoms with E-state index >= 15 is 0 Å². The van der Waals surface area contributed by atoms with Crippen molar-refractivity contribution in [2.45, 2.75) is 4.55 Å². The molecule has 0 saturated carbocycles. The summed E-state index contributed by atoms with van der Waals surface area (Å²) in [5.74, 6) is 2.45. The highest BCUT2D eigenvalue weighted by atomic mass is 35.5. The summed E-state index contributed by atoms with van der Waals surface area (Å²) in [6.07, 6.45) is 4.84. The van der Waals surface area contributed by atoms with Crippen molar-refractivity contribution in [1.29, 1.82) is 0 Å². The standard InChI is InChI=1S/C3H3.ClH.Mg/c1-3-2;;/h1H,2H2;1H;/q;;+1/p-1. The summed E-state index contributed by atoms with van der Waals surface area (Å²) in [6.45, 7) is 0. The van der Waals surface area contributed by atoms with E-state index in [1.807, 2.05) is 0 Å². The molecule has 24 valence electrons. The molecule has 0 N–H and O–H groups in total. The summed E-state index contributed by atoms with van der Waals surface area (Å²) in [7, 11) is 5.30. The van der Waals surface area contributed by atoms with Crippen molar-refractivity contribution in [3.63, 3.8) is 0 Å². The van der Waals surface area contributed by atoms with Gasteiger partial charge in [-0.2, -0.15) is 0 Å². The van der Waals surface area contributed by atoms with Crippen LogP contribution in [0.4, 0.5) is 0 Å². The lowest BCUT2D eigenvalue weighted by Crippen LogP contribution is -1.65. The predicted octanol–water partition coefficient (Wildman–Crippen LogP) is 0.896. The van der Waals surface area contributed by atoms with Crippen LogP contribution < -0.4 is 0 Å². The minimum atomic E-state index is -0.350. The van der Waals surface area contributed by atoms with Gasteiger partial charge in [0.25, 0.3) is 0 Å². The van der Waals surface area contributed by atoms with Crippen LogP contribution in [-0.4, -0.2) is 19.3 Å². The van der Waals surface area contributed by atoms with Gasteiger partial charge in [-0.15, -0.1) is 12.3 Å². The van der Waals surface area contributed by atoms with E-state index in [0.717, 1.165) is 4.55 Å². The molecule has 0 saturated heterocycles. The summed E-state index contributed by atoms with van der Waals surface area (Å²) in [6, 6.07) is 0. The van der Waals surface area contributed by atoms with Crippen LogP contribution in [0.2, 0.25) is 4.55 Å². The normalized spacial score (nSPS) is 4.80. The van der Waals surface area contributed by atoms with E-state index in [-0.39, 0.29) is 19.3 Å². The number of terminal acetylenes is 1. The lowest BCUT2D eigenvalue weighted by molar-refractivity contribution is 1.88. The van der Waals surface area contributed by atoms with E-state index < -0.39 is 0 Å². The van der Waals surface area contributed by atoms with E-state index in [1.54, 1.807) is 0 Å². The minimum Gasteiger partial charge on any atom is -0.345 e. The lowest BCUT2D eigenvalue weighted by atomic mass is 10.8. The molecule has 5 heavy (non-hydrogen) atoms. The molecule has 0 aliphatic rings. The third kappa shape index (κ3) is 4.62. The molecule has 0 spiro atoms. The monoisotopic (exact) mass is 98.0 g/mol. The molecule has 0 nitrogen and oxygen atoms in total. The zero-order valence-electron chi connectivity index (χ0n) is 2.87. The first-order valence-corrected chi connectivity index (χ1v) is 4.55. The van der Waals surface area contributed by atoms with Gasteiger partial charge in [-0.1, -0.05) is 4.55 Å². The molecular weight excluding hydrogens is 95.8 g/mol. The van der Waals surface area contributed by atoms with Crippen LogP contribution >= 0.6 is 9.07 Å². The van der Waals surface area contributed by atoms with Gasteiger partial charge in [-0.05, 0) is 0 Å². The number of hydrogen-bond donors (Lipinski definition) is 0. The quantitative estimate of drug-likeness (QED) is 0.338. The Bertz CT molecular complexity index is 45.3. The van der Waals surface area contributed by atoms with Gasteiger partial charge in [-0.3, -0.25) is 0 Å². The summed E-state index contributed by atoms with van der Waals surface area (Å²) in [5.41, 5.74) is 0. The fourth-order valence-corrected chi connectivity index (χ4v) is 0.491. The van der Waals surface area contributed by atoms with Crippen molar-refractivity contribution in [3.8, 4) is 12.3 Å². The first-order valence-electron chi connectivity index (χ1n) is 1.41. The topological polar surface area (TPSA) is 0 Å². The Morgan fingerprint density at radius 3 is 2.60 bits per heavy atom. The number of halogens is 1. The fraction of sp³-hybridized carbons (Fsp3) is 0.333. The molecule has 0 fully saturated rings. The SMILES string of the molecule is C#C[CH2][Mg][Cl]. The molecule has 0 aliphatic carbocycles. The Kier molecular flexibility index (Phi) is 5.19. The second kappa shape index (κ2) is 4.62. The maximum atomic E-state index is 5.30. The first kappa shape index (κ1) is 5.62. The van der Waals surface area contributed by atoms with Crippen LogP contribution in [0.3, 0.4) is 0 Å². The fourth-order valence-electron chi connectivity index (χ4n) is 0.0546. The molecule has 0 bridgehead atoms. The van der Waals surface area contributed by atoms with Gasteiger partial charge in [0.05, 0.1) is 0 Å². The highest BCUT2D eigenvalue weighted by molar-refractivity contribution is 6.94. The van der Waals surface area contributed by atoms with Crippen molar-refractivity contribution in [1.82, 2.24) is 0 Å². The molecule has 0 aliphatic heterocycles. The van der Waals surface area contributed by atoms with E-state index in [9.17, 15) is 0 Å². The Balaban J connectivity index is 2.48. The molecule has 0 radical (unpaired) electrons. The molecule has 0 heterocycles. The Labute approximate surface area is 45.4 Å². The molecule has 0 rings (SSSR count). The summed E-state index contributed by atoms with van der Waals surface area (Å²) >= 11 is -0.350. The average molecular weight is 98.8 g/mol. The van der Waals surface area contributed by atoms with Gasteiger partial charge >= 0.3 is 19.3 Å². The second-order valence-corrected chi connectivity index (χ2v) is 2.65. The largest absolute Gasteiger partial charge is 0.513 e. The third-order valence-corrected chi connectivity index (χ3v) is 1.28. The highest BCUT2D eigenvalue weighted by Gasteiger charge is 1.78. The zero-order valence-corrected chi connectivity index (χ0v) is 5.04. The Morgan fingerprint density at radius 1 is 2.00 bits per heavy atom. The highest BCUT2D eigenvalue weighted by Crippen LogP contribution is 1.73. The maximum Gasteiger partial charge on any atom is 0.513 e. The molecule has 2 heteroatoms. The van der Waals surface area contributed by atoms with Gasteiger partial charge in [0, 0.05) is 0 Å². The van der Waals surface area contributed by atoms with Crippen molar-refractivity contribution in [2.24, 2.45) is 0 Å². The third-order valence-electron chi connectivity index (χ3n) is 0.239. The van der Waals surface area contributed by atoms with Gasteiger partial charge in [0.15, 0.2) is 0 Å². The minimum absolute atomic E-state index is 0.350. The van der Waals surface area contributed by atoms with E-state index in [4.69, 9.17) is 15.5 Å². The van der Waals surface area contributed by atoms with Crippen molar-refractivity contribution >= 4 is 28.3 Å². The lowest BCUT2D eigenvalue weighted by Gasteiger charge is -1.61. The van der Waals surface area contributed by atoms with Crippen LogP contribution in [0, 0.1) is 12.3 Å². The predicted molar refractivity (Wildman–Crippen MR) is 25.2 cm³/mol. The Morgan fingerprint density at radius 2 is 2.60 bits per heavy atom. The summed E-state index contributed by atoms with van der Waals surface area (Å²) < 4.78 is 0.821. The molecule has 0 unspecified atom stereocenters. The molecule has 0 aromatic carbocycles. The van der Waals surface area contributed by atoms with Crippen molar-refractivity contribution < 1.29 is 0 Å². The average Bonchev–Trinajstić information content (AvgIpc) is 1.41. The van der Waals surface area contributed by atoms with Gasteiger partial charge in [-0.25, -0.2) is 0 Å². The van der Waals surface area contributed by atoms with E-state index in [0.29, 0.717) is 0 Å². The summed E-state index contributed by atoms with van der Waals surface area (Å²) in [5, 5.41) is 0. The van der Waals surface area contributed by atoms with Crippen LogP contribution in [-0.2, 0) is 0 Å². The maximum absolute atomic E-state index is 5.30. The molecule has 0 atom stereocenters. The summed E-state index contributed by atoms with van der Waals surface area (Å²) in [4.78, 5) is 0.